The van der Waals surface area contributed by atoms with Crippen molar-refractivity contribution in [2.75, 3.05) is 18.9 Å². The number of carbonyl (C=O) groups excluding carboxylic acids is 2. The van der Waals surface area contributed by atoms with Gasteiger partial charge < -0.3 is 10.0 Å². The van der Waals surface area contributed by atoms with Gasteiger partial charge in [-0.25, -0.2) is 4.98 Å². The number of thiazole rings is 1. The molecule has 1 aromatic heterocycles. The minimum absolute atomic E-state index is 0.0135. The SMILES string of the molecule is CCCCN(C)C(=O)Cc1csc(NC(=O)c2cccc(O)c2)n1. The summed E-state index contributed by atoms with van der Waals surface area (Å²) in [4.78, 5) is 30.2. The number of carbonyl (C=O) groups is 2. The smallest absolute Gasteiger partial charge is 0.257 e. The van der Waals surface area contributed by atoms with E-state index in [4.69, 9.17) is 0 Å². The molecule has 0 unspecified atom stereocenters. The topological polar surface area (TPSA) is 82.5 Å². The third kappa shape index (κ3) is 5.06. The first-order chi connectivity index (χ1) is 11.5. The zero-order valence-corrected chi connectivity index (χ0v) is 14.6. The molecule has 6 nitrogen and oxygen atoms in total. The number of aromatic hydroxyl groups is 1. The molecule has 0 spiro atoms. The van der Waals surface area contributed by atoms with Crippen molar-refractivity contribution in [2.45, 2.75) is 26.2 Å². The van der Waals surface area contributed by atoms with Crippen LogP contribution in [0.1, 0.15) is 35.8 Å². The number of rotatable bonds is 7. The number of phenolic OH excluding ortho intramolecular Hbond substituents is 1. The number of phenols is 1. The molecule has 0 saturated heterocycles. The highest BCUT2D eigenvalue weighted by Crippen LogP contribution is 2.18. The molecule has 0 aliphatic carbocycles. The van der Waals surface area contributed by atoms with Crippen LogP contribution in [0.25, 0.3) is 0 Å². The van der Waals surface area contributed by atoms with E-state index in [1.165, 1.54) is 23.5 Å². The van der Waals surface area contributed by atoms with Crippen molar-refractivity contribution in [1.29, 1.82) is 0 Å². The fourth-order valence-corrected chi connectivity index (χ4v) is 2.78. The number of benzene rings is 1. The van der Waals surface area contributed by atoms with E-state index in [0.717, 1.165) is 19.4 Å². The van der Waals surface area contributed by atoms with Gasteiger partial charge in [-0.2, -0.15) is 0 Å². The molecule has 0 saturated carbocycles. The molecule has 24 heavy (non-hydrogen) atoms. The molecule has 2 rings (SSSR count). The number of aromatic nitrogens is 1. The predicted molar refractivity (Wildman–Crippen MR) is 94.4 cm³/mol. The van der Waals surface area contributed by atoms with Crippen LogP contribution in [0.4, 0.5) is 5.13 Å². The molecule has 0 bridgehead atoms. The molecule has 1 heterocycles. The summed E-state index contributed by atoms with van der Waals surface area (Å²) in [5.41, 5.74) is 0.988. The molecule has 1 aromatic carbocycles. The Hall–Kier alpha value is -2.41. The van der Waals surface area contributed by atoms with Crippen molar-refractivity contribution in [3.8, 4) is 5.75 Å². The first kappa shape index (κ1) is 17.9. The third-order valence-corrected chi connectivity index (χ3v) is 4.29. The quantitative estimate of drug-likeness (QED) is 0.807. The van der Waals surface area contributed by atoms with Gasteiger partial charge in [-0.05, 0) is 24.6 Å². The van der Waals surface area contributed by atoms with E-state index >= 15 is 0 Å². The van der Waals surface area contributed by atoms with E-state index in [1.54, 1.807) is 29.5 Å². The fraction of sp³-hybridized carbons (Fsp3) is 0.353. The molecule has 2 aromatic rings. The van der Waals surface area contributed by atoms with Crippen LogP contribution < -0.4 is 5.32 Å². The highest BCUT2D eigenvalue weighted by Gasteiger charge is 2.13. The molecule has 0 fully saturated rings. The number of amides is 2. The normalized spacial score (nSPS) is 10.4. The maximum Gasteiger partial charge on any atom is 0.257 e. The zero-order chi connectivity index (χ0) is 17.5. The van der Waals surface area contributed by atoms with Gasteiger partial charge in [-0.1, -0.05) is 19.4 Å². The van der Waals surface area contributed by atoms with Gasteiger partial charge in [-0.15, -0.1) is 11.3 Å². The standard InChI is InChI=1S/C17H21N3O3S/c1-3-4-8-20(2)15(22)10-13-11-24-17(18-13)19-16(23)12-6-5-7-14(21)9-12/h5-7,9,11,21H,3-4,8,10H2,1-2H3,(H,18,19,23). The third-order valence-electron chi connectivity index (χ3n) is 3.49. The van der Waals surface area contributed by atoms with E-state index in [9.17, 15) is 14.7 Å². The van der Waals surface area contributed by atoms with Gasteiger partial charge in [0.25, 0.3) is 5.91 Å². The number of nitrogens with zero attached hydrogens (tertiary/aromatic N) is 2. The average Bonchev–Trinajstić information content (AvgIpc) is 2.99. The Morgan fingerprint density at radius 3 is 2.88 bits per heavy atom. The van der Waals surface area contributed by atoms with E-state index in [2.05, 4.69) is 17.2 Å². The van der Waals surface area contributed by atoms with Crippen LogP contribution >= 0.6 is 11.3 Å². The van der Waals surface area contributed by atoms with Crippen LogP contribution in [-0.4, -0.2) is 40.4 Å². The number of anilines is 1. The summed E-state index contributed by atoms with van der Waals surface area (Å²) >= 11 is 1.27. The van der Waals surface area contributed by atoms with Crippen molar-refractivity contribution in [2.24, 2.45) is 0 Å². The molecular weight excluding hydrogens is 326 g/mol. The summed E-state index contributed by atoms with van der Waals surface area (Å²) in [5, 5.41) is 14.3. The molecule has 7 heteroatoms. The first-order valence-electron chi connectivity index (χ1n) is 7.78. The van der Waals surface area contributed by atoms with Crippen molar-refractivity contribution >= 4 is 28.3 Å². The van der Waals surface area contributed by atoms with Gasteiger partial charge in [0.2, 0.25) is 5.91 Å². The number of hydrogen-bond donors (Lipinski definition) is 2. The molecule has 2 amide bonds. The van der Waals surface area contributed by atoms with E-state index in [0.29, 0.717) is 16.4 Å². The zero-order valence-electron chi connectivity index (χ0n) is 13.8. The number of likely N-dealkylation sites (N-methyl/N-ethyl adjacent to an activating group) is 1. The van der Waals surface area contributed by atoms with Crippen molar-refractivity contribution in [3.05, 3.63) is 40.9 Å². The summed E-state index contributed by atoms with van der Waals surface area (Å²) in [6.45, 7) is 2.82. The molecule has 0 aliphatic rings. The van der Waals surface area contributed by atoms with Crippen molar-refractivity contribution < 1.29 is 14.7 Å². The van der Waals surface area contributed by atoms with Crippen molar-refractivity contribution in [3.63, 3.8) is 0 Å². The van der Waals surface area contributed by atoms with Crippen LogP contribution in [0.3, 0.4) is 0 Å². The van der Waals surface area contributed by atoms with Crippen LogP contribution in [0.5, 0.6) is 5.75 Å². The maximum atomic E-state index is 12.1. The van der Waals surface area contributed by atoms with E-state index in [1.807, 2.05) is 0 Å². The van der Waals surface area contributed by atoms with Crippen LogP contribution in [0, 0.1) is 0 Å². The summed E-state index contributed by atoms with van der Waals surface area (Å²) in [5.74, 6) is -0.305. The number of unbranched alkanes of at least 4 members (excludes halogenated alkanes) is 1. The Balaban J connectivity index is 1.93. The van der Waals surface area contributed by atoms with E-state index in [-0.39, 0.29) is 24.0 Å². The van der Waals surface area contributed by atoms with Gasteiger partial charge in [0.15, 0.2) is 5.13 Å². The Labute approximate surface area is 145 Å². The lowest BCUT2D eigenvalue weighted by Crippen LogP contribution is -2.29. The summed E-state index contributed by atoms with van der Waals surface area (Å²) < 4.78 is 0. The summed E-state index contributed by atoms with van der Waals surface area (Å²) in [6, 6.07) is 6.09. The highest BCUT2D eigenvalue weighted by atomic mass is 32.1. The lowest BCUT2D eigenvalue weighted by molar-refractivity contribution is -0.129. The highest BCUT2D eigenvalue weighted by molar-refractivity contribution is 7.14. The number of hydrogen-bond acceptors (Lipinski definition) is 5. The lowest BCUT2D eigenvalue weighted by Gasteiger charge is -2.15. The lowest BCUT2D eigenvalue weighted by atomic mass is 10.2. The average molecular weight is 347 g/mol. The maximum absolute atomic E-state index is 12.1. The van der Waals surface area contributed by atoms with Crippen molar-refractivity contribution in [1.82, 2.24) is 9.88 Å². The molecule has 0 aliphatic heterocycles. The molecular formula is C17H21N3O3S. The minimum atomic E-state index is -0.349. The molecule has 0 atom stereocenters. The Morgan fingerprint density at radius 2 is 2.17 bits per heavy atom. The van der Waals surface area contributed by atoms with Gasteiger partial charge >= 0.3 is 0 Å². The van der Waals surface area contributed by atoms with Gasteiger partial charge in [0, 0.05) is 24.5 Å². The van der Waals surface area contributed by atoms with Gasteiger partial charge in [0.05, 0.1) is 12.1 Å². The largest absolute Gasteiger partial charge is 0.508 e. The summed E-state index contributed by atoms with van der Waals surface area (Å²) in [6.07, 6.45) is 2.24. The molecule has 128 valence electrons. The van der Waals surface area contributed by atoms with Gasteiger partial charge in [-0.3, -0.25) is 14.9 Å². The second kappa shape index (κ2) is 8.44. The van der Waals surface area contributed by atoms with Crippen LogP contribution in [0.2, 0.25) is 0 Å². The Morgan fingerprint density at radius 1 is 1.38 bits per heavy atom. The van der Waals surface area contributed by atoms with Crippen LogP contribution in [0.15, 0.2) is 29.6 Å². The number of nitrogens with one attached hydrogen (secondary N) is 1. The fourth-order valence-electron chi connectivity index (χ4n) is 2.07. The second-order valence-corrected chi connectivity index (χ2v) is 6.35. The second-order valence-electron chi connectivity index (χ2n) is 5.49. The predicted octanol–water partition coefficient (Wildman–Crippen LogP) is 2.90. The van der Waals surface area contributed by atoms with Gasteiger partial charge in [0.1, 0.15) is 5.75 Å². The van der Waals surface area contributed by atoms with E-state index < -0.39 is 0 Å². The van der Waals surface area contributed by atoms with Crippen LogP contribution in [-0.2, 0) is 11.2 Å². The monoisotopic (exact) mass is 347 g/mol. The summed E-state index contributed by atoms with van der Waals surface area (Å²) in [7, 11) is 1.79. The Bertz CT molecular complexity index is 715. The minimum Gasteiger partial charge on any atom is -0.508 e. The first-order valence-corrected chi connectivity index (χ1v) is 8.66. The molecule has 0 radical (unpaired) electrons. The molecule has 2 N–H and O–H groups in total. The Kier molecular flexibility index (Phi) is 6.31.